The number of benzene rings is 1. The Hall–Kier alpha value is -0.740. The summed E-state index contributed by atoms with van der Waals surface area (Å²) in [5.74, 6) is 1.32. The van der Waals surface area contributed by atoms with Crippen LogP contribution >= 0.6 is 15.9 Å². The van der Waals surface area contributed by atoms with E-state index in [1.807, 2.05) is 6.92 Å². The van der Waals surface area contributed by atoms with Gasteiger partial charge in [-0.1, -0.05) is 15.9 Å². The highest BCUT2D eigenvalue weighted by molar-refractivity contribution is 9.10. The van der Waals surface area contributed by atoms with E-state index in [2.05, 4.69) is 15.9 Å². The molecule has 0 fully saturated rings. The van der Waals surface area contributed by atoms with E-state index < -0.39 is 6.10 Å². The van der Waals surface area contributed by atoms with E-state index in [-0.39, 0.29) is 0 Å². The Kier molecular flexibility index (Phi) is 3.99. The molecule has 15 heavy (non-hydrogen) atoms. The third kappa shape index (κ3) is 2.26. The summed E-state index contributed by atoms with van der Waals surface area (Å²) in [6, 6.07) is 1.80. The van der Waals surface area contributed by atoms with Crippen molar-refractivity contribution < 1.29 is 14.6 Å². The molecule has 1 rings (SSSR count). The van der Waals surface area contributed by atoms with Crippen LogP contribution in [-0.4, -0.2) is 19.3 Å². The molecule has 0 heterocycles. The lowest BCUT2D eigenvalue weighted by Gasteiger charge is -2.17. The first-order chi connectivity index (χ1) is 7.02. The van der Waals surface area contributed by atoms with Crippen molar-refractivity contribution in [3.8, 4) is 11.5 Å². The first kappa shape index (κ1) is 12.3. The molecule has 0 aliphatic rings. The van der Waals surface area contributed by atoms with Gasteiger partial charge in [0, 0.05) is 15.6 Å². The second kappa shape index (κ2) is 4.86. The lowest BCUT2D eigenvalue weighted by molar-refractivity contribution is 0.197. The third-order valence-electron chi connectivity index (χ3n) is 2.33. The predicted octanol–water partition coefficient (Wildman–Crippen LogP) is 2.83. The Morgan fingerprint density at radius 3 is 2.33 bits per heavy atom. The number of hydrogen-bond donors (Lipinski definition) is 1. The van der Waals surface area contributed by atoms with Gasteiger partial charge < -0.3 is 14.6 Å². The van der Waals surface area contributed by atoms with Crippen molar-refractivity contribution in [3.05, 3.63) is 21.7 Å². The van der Waals surface area contributed by atoms with Gasteiger partial charge in [-0.2, -0.15) is 0 Å². The lowest BCUT2D eigenvalue weighted by atomic mass is 10.0. The molecular weight excluding hydrogens is 260 g/mol. The number of methoxy groups -OCH3 is 2. The quantitative estimate of drug-likeness (QED) is 0.921. The fraction of sp³-hybridized carbons (Fsp3) is 0.455. The van der Waals surface area contributed by atoms with E-state index >= 15 is 0 Å². The van der Waals surface area contributed by atoms with Gasteiger partial charge in [0.2, 0.25) is 0 Å². The zero-order valence-corrected chi connectivity index (χ0v) is 10.9. The van der Waals surface area contributed by atoms with E-state index in [4.69, 9.17) is 9.47 Å². The van der Waals surface area contributed by atoms with Crippen molar-refractivity contribution in [3.63, 3.8) is 0 Å². The van der Waals surface area contributed by atoms with Crippen molar-refractivity contribution in [2.75, 3.05) is 14.2 Å². The van der Waals surface area contributed by atoms with Crippen LogP contribution < -0.4 is 9.47 Å². The molecule has 0 aromatic heterocycles. The summed E-state index contributed by atoms with van der Waals surface area (Å²) >= 11 is 3.41. The Bertz CT molecular complexity index is 361. The standard InChI is InChI=1S/C11H15BrO3/c1-6-10(7(2)13)8(12)5-9(14-3)11(6)15-4/h5,7,13H,1-4H3. The van der Waals surface area contributed by atoms with E-state index in [1.54, 1.807) is 27.2 Å². The summed E-state index contributed by atoms with van der Waals surface area (Å²) in [6.07, 6.45) is -0.542. The molecule has 1 aromatic rings. The van der Waals surface area contributed by atoms with E-state index in [0.717, 1.165) is 15.6 Å². The molecule has 1 aromatic carbocycles. The van der Waals surface area contributed by atoms with Crippen molar-refractivity contribution in [2.24, 2.45) is 0 Å². The summed E-state index contributed by atoms with van der Waals surface area (Å²) in [5, 5.41) is 9.64. The average Bonchev–Trinajstić information content (AvgIpc) is 2.16. The Balaban J connectivity index is 3.44. The number of halogens is 1. The average molecular weight is 275 g/mol. The van der Waals surface area contributed by atoms with Gasteiger partial charge in [0.1, 0.15) is 0 Å². The fourth-order valence-electron chi connectivity index (χ4n) is 1.66. The van der Waals surface area contributed by atoms with Crippen LogP contribution in [0.15, 0.2) is 10.5 Å². The van der Waals surface area contributed by atoms with Crippen molar-refractivity contribution in [2.45, 2.75) is 20.0 Å². The van der Waals surface area contributed by atoms with Crippen LogP contribution in [0, 0.1) is 6.92 Å². The van der Waals surface area contributed by atoms with Gasteiger partial charge in [0.05, 0.1) is 20.3 Å². The number of aliphatic hydroxyl groups excluding tert-OH is 1. The summed E-state index contributed by atoms with van der Waals surface area (Å²) in [4.78, 5) is 0. The molecule has 0 saturated carbocycles. The molecule has 0 spiro atoms. The number of ether oxygens (including phenoxy) is 2. The maximum atomic E-state index is 9.64. The topological polar surface area (TPSA) is 38.7 Å². The Morgan fingerprint density at radius 2 is 1.93 bits per heavy atom. The second-order valence-corrected chi connectivity index (χ2v) is 4.16. The summed E-state index contributed by atoms with van der Waals surface area (Å²) in [5.41, 5.74) is 1.71. The van der Waals surface area contributed by atoms with Gasteiger partial charge in [-0.3, -0.25) is 0 Å². The number of hydrogen-bond acceptors (Lipinski definition) is 3. The zero-order chi connectivity index (χ0) is 11.6. The molecule has 1 atom stereocenters. The molecule has 0 bridgehead atoms. The van der Waals surface area contributed by atoms with Gasteiger partial charge >= 0.3 is 0 Å². The normalized spacial score (nSPS) is 12.4. The summed E-state index contributed by atoms with van der Waals surface area (Å²) < 4.78 is 11.3. The first-order valence-corrected chi connectivity index (χ1v) is 5.41. The third-order valence-corrected chi connectivity index (χ3v) is 2.98. The fourth-order valence-corrected chi connectivity index (χ4v) is 2.50. The van der Waals surface area contributed by atoms with Crippen LogP contribution in [0.1, 0.15) is 24.2 Å². The van der Waals surface area contributed by atoms with Gasteiger partial charge in [-0.25, -0.2) is 0 Å². The van der Waals surface area contributed by atoms with Crippen molar-refractivity contribution >= 4 is 15.9 Å². The van der Waals surface area contributed by atoms with Gasteiger partial charge in [-0.15, -0.1) is 0 Å². The maximum absolute atomic E-state index is 9.64. The van der Waals surface area contributed by atoms with Crippen LogP contribution in [0.3, 0.4) is 0 Å². The highest BCUT2D eigenvalue weighted by Crippen LogP contribution is 2.40. The van der Waals surface area contributed by atoms with E-state index in [9.17, 15) is 5.11 Å². The summed E-state index contributed by atoms with van der Waals surface area (Å²) in [7, 11) is 3.18. The van der Waals surface area contributed by atoms with E-state index in [1.165, 1.54) is 0 Å². The minimum absolute atomic E-state index is 0.542. The van der Waals surface area contributed by atoms with Gasteiger partial charge in [-0.05, 0) is 19.9 Å². The van der Waals surface area contributed by atoms with Crippen LogP contribution in [0.25, 0.3) is 0 Å². The highest BCUT2D eigenvalue weighted by Gasteiger charge is 2.17. The monoisotopic (exact) mass is 274 g/mol. The minimum Gasteiger partial charge on any atom is -0.493 e. The van der Waals surface area contributed by atoms with Crippen molar-refractivity contribution in [1.82, 2.24) is 0 Å². The second-order valence-electron chi connectivity index (χ2n) is 3.31. The molecule has 4 heteroatoms. The maximum Gasteiger partial charge on any atom is 0.164 e. The van der Waals surface area contributed by atoms with Gasteiger partial charge in [0.25, 0.3) is 0 Å². The van der Waals surface area contributed by atoms with Crippen molar-refractivity contribution in [1.29, 1.82) is 0 Å². The molecule has 0 amide bonds. The number of rotatable bonds is 3. The van der Waals surface area contributed by atoms with Gasteiger partial charge in [0.15, 0.2) is 11.5 Å². The van der Waals surface area contributed by atoms with E-state index in [0.29, 0.717) is 11.5 Å². The molecule has 1 N–H and O–H groups in total. The molecule has 0 saturated heterocycles. The van der Waals surface area contributed by atoms with Crippen LogP contribution in [0.4, 0.5) is 0 Å². The Labute approximate surface area is 98.1 Å². The molecule has 0 aliphatic heterocycles. The molecule has 0 radical (unpaired) electrons. The molecule has 1 unspecified atom stereocenters. The molecular formula is C11H15BrO3. The van der Waals surface area contributed by atoms with Crippen LogP contribution in [-0.2, 0) is 0 Å². The highest BCUT2D eigenvalue weighted by atomic mass is 79.9. The first-order valence-electron chi connectivity index (χ1n) is 4.62. The minimum atomic E-state index is -0.542. The predicted molar refractivity (Wildman–Crippen MR) is 62.6 cm³/mol. The smallest absolute Gasteiger partial charge is 0.164 e. The molecule has 0 aliphatic carbocycles. The van der Waals surface area contributed by atoms with Crippen LogP contribution in [0.5, 0.6) is 11.5 Å². The molecule has 3 nitrogen and oxygen atoms in total. The largest absolute Gasteiger partial charge is 0.493 e. The summed E-state index contributed by atoms with van der Waals surface area (Å²) in [6.45, 7) is 3.62. The van der Waals surface area contributed by atoms with Crippen LogP contribution in [0.2, 0.25) is 0 Å². The number of aliphatic hydroxyl groups is 1. The zero-order valence-electron chi connectivity index (χ0n) is 9.30. The SMILES string of the molecule is COc1cc(Br)c(C(C)O)c(C)c1OC. The lowest BCUT2D eigenvalue weighted by Crippen LogP contribution is -2.01. The molecule has 84 valence electrons. The Morgan fingerprint density at radius 1 is 1.33 bits per heavy atom.